The van der Waals surface area contributed by atoms with E-state index in [9.17, 15) is 9.18 Å². The van der Waals surface area contributed by atoms with Crippen molar-refractivity contribution in [2.45, 2.75) is 25.9 Å². The average molecular weight is 177 g/mol. The molecule has 72 valence electrons. The highest BCUT2D eigenvalue weighted by atomic mass is 19.1. The van der Waals surface area contributed by atoms with Crippen LogP contribution in [0.3, 0.4) is 0 Å². The van der Waals surface area contributed by atoms with E-state index in [1.54, 1.807) is 7.05 Å². The van der Waals surface area contributed by atoms with Crippen LogP contribution in [0.5, 0.6) is 0 Å². The molecule has 1 atom stereocenters. The van der Waals surface area contributed by atoms with E-state index >= 15 is 0 Å². The molecule has 0 bridgehead atoms. The predicted octanol–water partition coefficient (Wildman–Crippen LogP) is 1.82. The molecule has 4 heteroatoms. The first-order chi connectivity index (χ1) is 5.57. The summed E-state index contributed by atoms with van der Waals surface area (Å²) in [5, 5.41) is 0. The van der Waals surface area contributed by atoms with Crippen LogP contribution < -0.4 is 0 Å². The molecule has 0 saturated carbocycles. The van der Waals surface area contributed by atoms with Crippen molar-refractivity contribution >= 4 is 6.09 Å². The van der Waals surface area contributed by atoms with Gasteiger partial charge in [0.15, 0.2) is 0 Å². The summed E-state index contributed by atoms with van der Waals surface area (Å²) in [5.74, 6) is 0. The van der Waals surface area contributed by atoms with Crippen LogP contribution in [0.2, 0.25) is 0 Å². The lowest BCUT2D eigenvalue weighted by molar-refractivity contribution is 0.131. The van der Waals surface area contributed by atoms with Gasteiger partial charge in [-0.25, -0.2) is 9.18 Å². The second-order valence-electron chi connectivity index (χ2n) is 2.81. The number of nitrogens with zero attached hydrogens (tertiary/aromatic N) is 1. The maximum Gasteiger partial charge on any atom is 0.409 e. The third-order valence-corrected chi connectivity index (χ3v) is 1.58. The lowest BCUT2D eigenvalue weighted by atomic mass is 10.2. The van der Waals surface area contributed by atoms with Gasteiger partial charge in [0.1, 0.15) is 0 Å². The monoisotopic (exact) mass is 177 g/mol. The summed E-state index contributed by atoms with van der Waals surface area (Å²) in [6.45, 7) is 2.05. The van der Waals surface area contributed by atoms with Crippen LogP contribution in [0.15, 0.2) is 0 Å². The number of rotatable bonds is 4. The first kappa shape index (κ1) is 11.2. The van der Waals surface area contributed by atoms with E-state index in [0.29, 0.717) is 19.4 Å². The van der Waals surface area contributed by atoms with Gasteiger partial charge >= 0.3 is 6.09 Å². The van der Waals surface area contributed by atoms with Gasteiger partial charge < -0.3 is 9.64 Å². The first-order valence-electron chi connectivity index (χ1n) is 4.01. The Morgan fingerprint density at radius 1 is 1.67 bits per heavy atom. The number of carbonyl (C=O) groups is 1. The van der Waals surface area contributed by atoms with Crippen LogP contribution in [-0.2, 0) is 4.74 Å². The first-order valence-corrected chi connectivity index (χ1v) is 4.01. The molecule has 3 nitrogen and oxygen atoms in total. The van der Waals surface area contributed by atoms with Gasteiger partial charge in [-0.05, 0) is 19.8 Å². The summed E-state index contributed by atoms with van der Waals surface area (Å²) in [6.07, 6.45) is -0.0116. The van der Waals surface area contributed by atoms with E-state index in [4.69, 9.17) is 0 Å². The number of ether oxygens (including phenoxy) is 1. The number of carbonyl (C=O) groups excluding carboxylic acids is 1. The largest absolute Gasteiger partial charge is 0.453 e. The molecule has 0 aliphatic carbocycles. The van der Waals surface area contributed by atoms with E-state index < -0.39 is 6.17 Å². The van der Waals surface area contributed by atoms with Crippen LogP contribution >= 0.6 is 0 Å². The molecule has 0 saturated heterocycles. The Balaban J connectivity index is 3.43. The normalized spacial score (nSPS) is 12.3. The Hall–Kier alpha value is -0.800. The van der Waals surface area contributed by atoms with Gasteiger partial charge in [-0.15, -0.1) is 0 Å². The van der Waals surface area contributed by atoms with E-state index in [2.05, 4.69) is 4.74 Å². The summed E-state index contributed by atoms with van der Waals surface area (Å²) in [6, 6.07) is 0. The van der Waals surface area contributed by atoms with E-state index in [0.717, 1.165) is 0 Å². The molecule has 1 amide bonds. The molecule has 0 aromatic heterocycles. The van der Waals surface area contributed by atoms with Crippen LogP contribution in [0.1, 0.15) is 19.8 Å². The Kier molecular flexibility index (Phi) is 5.41. The zero-order valence-electron chi connectivity index (χ0n) is 7.84. The van der Waals surface area contributed by atoms with Crippen LogP contribution in [-0.4, -0.2) is 37.9 Å². The molecule has 0 aliphatic heterocycles. The Labute approximate surface area is 72.5 Å². The zero-order chi connectivity index (χ0) is 9.56. The number of alkyl halides is 1. The Bertz CT molecular complexity index is 139. The molecule has 0 aromatic rings. The highest BCUT2D eigenvalue weighted by Gasteiger charge is 2.07. The number of amides is 1. The van der Waals surface area contributed by atoms with Crippen molar-refractivity contribution in [3.8, 4) is 0 Å². The van der Waals surface area contributed by atoms with Gasteiger partial charge in [-0.3, -0.25) is 0 Å². The zero-order valence-corrected chi connectivity index (χ0v) is 7.84. The van der Waals surface area contributed by atoms with Crippen molar-refractivity contribution in [2.75, 3.05) is 20.7 Å². The van der Waals surface area contributed by atoms with E-state index in [1.165, 1.54) is 18.9 Å². The summed E-state index contributed by atoms with van der Waals surface area (Å²) >= 11 is 0. The SMILES string of the molecule is COC(=O)N(C)CCC[C@@H](C)F. The molecular weight excluding hydrogens is 161 g/mol. The fourth-order valence-corrected chi connectivity index (χ4v) is 0.857. The van der Waals surface area contributed by atoms with Crippen molar-refractivity contribution in [2.24, 2.45) is 0 Å². The van der Waals surface area contributed by atoms with Gasteiger partial charge in [0, 0.05) is 13.6 Å². The average Bonchev–Trinajstić information content (AvgIpc) is 2.02. The summed E-state index contributed by atoms with van der Waals surface area (Å²) in [5.41, 5.74) is 0. The fourth-order valence-electron chi connectivity index (χ4n) is 0.857. The molecule has 0 aliphatic rings. The lowest BCUT2D eigenvalue weighted by Gasteiger charge is -2.14. The summed E-state index contributed by atoms with van der Waals surface area (Å²) < 4.78 is 16.8. The quantitative estimate of drug-likeness (QED) is 0.655. The van der Waals surface area contributed by atoms with Crippen molar-refractivity contribution < 1.29 is 13.9 Å². The van der Waals surface area contributed by atoms with E-state index in [1.807, 2.05) is 0 Å². The van der Waals surface area contributed by atoms with Crippen LogP contribution in [0.25, 0.3) is 0 Å². The molecule has 0 N–H and O–H groups in total. The molecule has 0 rings (SSSR count). The maximum atomic E-state index is 12.3. The smallest absolute Gasteiger partial charge is 0.409 e. The van der Waals surface area contributed by atoms with Gasteiger partial charge in [-0.2, -0.15) is 0 Å². The molecule has 12 heavy (non-hydrogen) atoms. The third kappa shape index (κ3) is 4.93. The van der Waals surface area contributed by atoms with Crippen molar-refractivity contribution in [3.05, 3.63) is 0 Å². The number of hydrogen-bond acceptors (Lipinski definition) is 2. The lowest BCUT2D eigenvalue weighted by Crippen LogP contribution is -2.27. The van der Waals surface area contributed by atoms with Crippen LogP contribution in [0.4, 0.5) is 9.18 Å². The molecule has 0 fully saturated rings. The standard InChI is InChI=1S/C8H16FNO2/c1-7(9)5-4-6-10(2)8(11)12-3/h7H,4-6H2,1-3H3/t7-/m1/s1. The molecular formula is C8H16FNO2. The van der Waals surface area contributed by atoms with Gasteiger partial charge in [0.25, 0.3) is 0 Å². The number of hydrogen-bond donors (Lipinski definition) is 0. The minimum Gasteiger partial charge on any atom is -0.453 e. The van der Waals surface area contributed by atoms with E-state index in [-0.39, 0.29) is 6.09 Å². The Morgan fingerprint density at radius 2 is 2.25 bits per heavy atom. The topological polar surface area (TPSA) is 29.5 Å². The highest BCUT2D eigenvalue weighted by molar-refractivity contribution is 5.66. The van der Waals surface area contributed by atoms with Gasteiger partial charge in [-0.1, -0.05) is 0 Å². The van der Waals surface area contributed by atoms with Crippen LogP contribution in [0, 0.1) is 0 Å². The second-order valence-corrected chi connectivity index (χ2v) is 2.81. The molecule has 0 heterocycles. The molecule has 0 spiro atoms. The summed E-state index contributed by atoms with van der Waals surface area (Å²) in [7, 11) is 2.96. The third-order valence-electron chi connectivity index (χ3n) is 1.58. The summed E-state index contributed by atoms with van der Waals surface area (Å²) in [4.78, 5) is 12.2. The fraction of sp³-hybridized carbons (Fsp3) is 0.875. The van der Waals surface area contributed by atoms with Crippen molar-refractivity contribution in [1.82, 2.24) is 4.90 Å². The highest BCUT2D eigenvalue weighted by Crippen LogP contribution is 2.01. The second kappa shape index (κ2) is 5.80. The van der Waals surface area contributed by atoms with Crippen molar-refractivity contribution in [3.63, 3.8) is 0 Å². The number of methoxy groups -OCH3 is 1. The maximum absolute atomic E-state index is 12.3. The number of halogens is 1. The molecule has 0 radical (unpaired) electrons. The van der Waals surface area contributed by atoms with Crippen molar-refractivity contribution in [1.29, 1.82) is 0 Å². The van der Waals surface area contributed by atoms with Gasteiger partial charge in [0.2, 0.25) is 0 Å². The van der Waals surface area contributed by atoms with Gasteiger partial charge in [0.05, 0.1) is 13.3 Å². The minimum absolute atomic E-state index is 0.374. The predicted molar refractivity (Wildman–Crippen MR) is 44.8 cm³/mol. The minimum atomic E-state index is -0.795. The Morgan fingerprint density at radius 3 is 2.67 bits per heavy atom. The molecule has 0 aromatic carbocycles. The molecule has 0 unspecified atom stereocenters.